The molecule has 0 spiro atoms. The zero-order valence-electron chi connectivity index (χ0n) is 17.4. The molecule has 0 aliphatic carbocycles. The van der Waals surface area contributed by atoms with Crippen molar-refractivity contribution >= 4 is 33.0 Å². The number of amides is 1. The molecule has 1 aromatic heterocycles. The normalized spacial score (nSPS) is 15.6. The Bertz CT molecular complexity index is 985. The highest BCUT2D eigenvalue weighted by Crippen LogP contribution is 2.40. The van der Waals surface area contributed by atoms with Crippen molar-refractivity contribution in [3.05, 3.63) is 29.1 Å². The van der Waals surface area contributed by atoms with Gasteiger partial charge in [-0.15, -0.1) is 11.3 Å². The zero-order valence-corrected chi connectivity index (χ0v) is 19.1. The zero-order chi connectivity index (χ0) is 21.9. The van der Waals surface area contributed by atoms with Gasteiger partial charge in [-0.1, -0.05) is 6.92 Å². The highest BCUT2D eigenvalue weighted by atomic mass is 32.2. The number of nitrogens with zero attached hydrogens (tertiary/aromatic N) is 1. The van der Waals surface area contributed by atoms with E-state index in [1.807, 2.05) is 0 Å². The Labute approximate surface area is 180 Å². The molecule has 1 aromatic carbocycles. The van der Waals surface area contributed by atoms with Gasteiger partial charge in [0.1, 0.15) is 4.21 Å². The smallest absolute Gasteiger partial charge is 0.265 e. The molecule has 1 aliphatic heterocycles. The molecule has 1 N–H and O–H groups in total. The summed E-state index contributed by atoms with van der Waals surface area (Å²) in [5.74, 6) is 1.34. The number of hydrogen-bond acceptors (Lipinski definition) is 7. The highest BCUT2D eigenvalue weighted by Gasteiger charge is 2.30. The van der Waals surface area contributed by atoms with Crippen LogP contribution in [0.2, 0.25) is 0 Å². The Kier molecular flexibility index (Phi) is 6.89. The number of carbonyl (C=O) groups is 1. The van der Waals surface area contributed by atoms with Crippen molar-refractivity contribution in [3.63, 3.8) is 0 Å². The Morgan fingerprint density at radius 2 is 1.67 bits per heavy atom. The lowest BCUT2D eigenvalue weighted by molar-refractivity contribution is 0.103. The second-order valence-corrected chi connectivity index (χ2v) is 10.3. The molecule has 0 unspecified atom stereocenters. The summed E-state index contributed by atoms with van der Waals surface area (Å²) < 4.78 is 43.3. The lowest BCUT2D eigenvalue weighted by atomic mass is 10.0. The van der Waals surface area contributed by atoms with Crippen LogP contribution in [0.5, 0.6) is 17.2 Å². The molecule has 2 aromatic rings. The second-order valence-electron chi connectivity index (χ2n) is 7.07. The molecule has 0 atom stereocenters. The average molecular weight is 455 g/mol. The summed E-state index contributed by atoms with van der Waals surface area (Å²) in [4.78, 5) is 13.0. The topological polar surface area (TPSA) is 94.2 Å². The van der Waals surface area contributed by atoms with Crippen LogP contribution < -0.4 is 19.5 Å². The van der Waals surface area contributed by atoms with Gasteiger partial charge in [-0.25, -0.2) is 8.42 Å². The number of piperidine rings is 1. The fourth-order valence-electron chi connectivity index (χ4n) is 3.28. The van der Waals surface area contributed by atoms with Crippen LogP contribution in [0.1, 0.15) is 29.4 Å². The molecule has 3 rings (SSSR count). The van der Waals surface area contributed by atoms with Crippen LogP contribution in [0.25, 0.3) is 0 Å². The third kappa shape index (κ3) is 4.55. The molecule has 10 heteroatoms. The Morgan fingerprint density at radius 3 is 2.20 bits per heavy atom. The standard InChI is InChI=1S/C20H26N2O6S2/c1-13-7-9-22(10-8-13)30(24,25)18-6-5-17(29-18)20(23)21-14-11-15(26-2)19(28-4)16(12-14)27-3/h5-6,11-13H,7-10H2,1-4H3,(H,21,23). The summed E-state index contributed by atoms with van der Waals surface area (Å²) >= 11 is 0.960. The number of ether oxygens (including phenoxy) is 3. The van der Waals surface area contributed by atoms with E-state index in [2.05, 4.69) is 12.2 Å². The molecule has 30 heavy (non-hydrogen) atoms. The molecule has 0 radical (unpaired) electrons. The predicted octanol–water partition coefficient (Wildman–Crippen LogP) is 3.45. The van der Waals surface area contributed by atoms with Crippen molar-refractivity contribution < 1.29 is 27.4 Å². The van der Waals surface area contributed by atoms with Crippen molar-refractivity contribution in [2.45, 2.75) is 24.0 Å². The first kappa shape index (κ1) is 22.4. The predicted molar refractivity (Wildman–Crippen MR) is 116 cm³/mol. The third-order valence-electron chi connectivity index (χ3n) is 5.06. The summed E-state index contributed by atoms with van der Waals surface area (Å²) in [7, 11) is 0.883. The van der Waals surface area contributed by atoms with E-state index in [0.29, 0.717) is 46.8 Å². The van der Waals surface area contributed by atoms with E-state index in [1.165, 1.54) is 37.8 Å². The van der Waals surface area contributed by atoms with Gasteiger partial charge in [-0.05, 0) is 30.9 Å². The number of benzene rings is 1. The number of rotatable bonds is 7. The maximum Gasteiger partial charge on any atom is 0.265 e. The van der Waals surface area contributed by atoms with Crippen molar-refractivity contribution in [1.82, 2.24) is 4.31 Å². The third-order valence-corrected chi connectivity index (χ3v) is 8.51. The monoisotopic (exact) mass is 454 g/mol. The Balaban J connectivity index is 1.79. The molecular formula is C20H26N2O6S2. The first-order valence-electron chi connectivity index (χ1n) is 9.51. The molecule has 8 nitrogen and oxygen atoms in total. The van der Waals surface area contributed by atoms with Gasteiger partial charge in [0, 0.05) is 30.9 Å². The molecule has 0 saturated carbocycles. The first-order valence-corrected chi connectivity index (χ1v) is 11.8. The fourth-order valence-corrected chi connectivity index (χ4v) is 6.10. The SMILES string of the molecule is COc1cc(NC(=O)c2ccc(S(=O)(=O)N3CCC(C)CC3)s2)cc(OC)c1OC. The van der Waals surface area contributed by atoms with Gasteiger partial charge in [-0.3, -0.25) is 4.79 Å². The van der Waals surface area contributed by atoms with Gasteiger partial charge < -0.3 is 19.5 Å². The van der Waals surface area contributed by atoms with E-state index in [1.54, 1.807) is 12.1 Å². The van der Waals surface area contributed by atoms with E-state index in [0.717, 1.165) is 24.2 Å². The molecule has 1 fully saturated rings. The molecule has 2 heterocycles. The number of carbonyl (C=O) groups excluding carboxylic acids is 1. The van der Waals surface area contributed by atoms with Crippen molar-refractivity contribution in [2.24, 2.45) is 5.92 Å². The van der Waals surface area contributed by atoms with E-state index in [-0.39, 0.29) is 4.21 Å². The molecule has 1 amide bonds. The first-order chi connectivity index (χ1) is 14.3. The number of methoxy groups -OCH3 is 3. The lowest BCUT2D eigenvalue weighted by Crippen LogP contribution is -2.37. The summed E-state index contributed by atoms with van der Waals surface area (Å²) in [6.45, 7) is 3.14. The number of hydrogen-bond donors (Lipinski definition) is 1. The minimum atomic E-state index is -3.59. The van der Waals surface area contributed by atoms with Gasteiger partial charge in [0.25, 0.3) is 15.9 Å². The summed E-state index contributed by atoms with van der Waals surface area (Å²) in [6.07, 6.45) is 1.69. The van der Waals surface area contributed by atoms with E-state index in [4.69, 9.17) is 14.2 Å². The molecule has 164 valence electrons. The van der Waals surface area contributed by atoms with Crippen LogP contribution in [0, 0.1) is 5.92 Å². The summed E-state index contributed by atoms with van der Waals surface area (Å²) in [6, 6.07) is 6.23. The van der Waals surface area contributed by atoms with Gasteiger partial charge in [-0.2, -0.15) is 4.31 Å². The average Bonchev–Trinajstić information content (AvgIpc) is 3.24. The molecule has 0 bridgehead atoms. The largest absolute Gasteiger partial charge is 0.493 e. The van der Waals surface area contributed by atoms with Gasteiger partial charge >= 0.3 is 0 Å². The minimum absolute atomic E-state index is 0.173. The molecule has 1 aliphatic rings. The summed E-state index contributed by atoms with van der Waals surface area (Å²) in [5, 5.41) is 2.76. The van der Waals surface area contributed by atoms with Crippen molar-refractivity contribution in [3.8, 4) is 17.2 Å². The maximum atomic E-state index is 12.9. The van der Waals surface area contributed by atoms with Crippen LogP contribution in [-0.2, 0) is 10.0 Å². The second kappa shape index (κ2) is 9.23. The number of sulfonamides is 1. The van der Waals surface area contributed by atoms with E-state index < -0.39 is 15.9 Å². The number of nitrogens with one attached hydrogen (secondary N) is 1. The molecular weight excluding hydrogens is 428 g/mol. The summed E-state index contributed by atoms with van der Waals surface area (Å²) in [5.41, 5.74) is 0.442. The van der Waals surface area contributed by atoms with Gasteiger partial charge in [0.15, 0.2) is 11.5 Å². The van der Waals surface area contributed by atoms with Gasteiger partial charge in [0.2, 0.25) is 5.75 Å². The van der Waals surface area contributed by atoms with Crippen LogP contribution in [0.3, 0.4) is 0 Å². The Hall–Kier alpha value is -2.30. The van der Waals surface area contributed by atoms with Crippen molar-refractivity contribution in [1.29, 1.82) is 0 Å². The number of thiophene rings is 1. The minimum Gasteiger partial charge on any atom is -0.493 e. The van der Waals surface area contributed by atoms with Crippen molar-refractivity contribution in [2.75, 3.05) is 39.7 Å². The maximum absolute atomic E-state index is 12.9. The highest BCUT2D eigenvalue weighted by molar-refractivity contribution is 7.91. The lowest BCUT2D eigenvalue weighted by Gasteiger charge is -2.28. The Morgan fingerprint density at radius 1 is 1.07 bits per heavy atom. The van der Waals surface area contributed by atoms with Crippen LogP contribution in [0.4, 0.5) is 5.69 Å². The fraction of sp³-hybridized carbons (Fsp3) is 0.450. The molecule has 1 saturated heterocycles. The van der Waals surface area contributed by atoms with Crippen LogP contribution >= 0.6 is 11.3 Å². The van der Waals surface area contributed by atoms with Crippen LogP contribution in [0.15, 0.2) is 28.5 Å². The number of anilines is 1. The van der Waals surface area contributed by atoms with E-state index >= 15 is 0 Å². The van der Waals surface area contributed by atoms with Gasteiger partial charge in [0.05, 0.1) is 26.2 Å². The van der Waals surface area contributed by atoms with E-state index in [9.17, 15) is 13.2 Å². The van der Waals surface area contributed by atoms with Crippen LogP contribution in [-0.4, -0.2) is 53.0 Å². The quantitative estimate of drug-likeness (QED) is 0.689.